The van der Waals surface area contributed by atoms with Crippen molar-refractivity contribution in [3.05, 3.63) is 16.6 Å². The standard InChI is InChI=1S/C7H8N2O2S/c10-7(11)4-1-8-2-6-5(4)3-12-9-6/h3-4,8H,1-2H2,(H,10,11). The summed E-state index contributed by atoms with van der Waals surface area (Å²) in [5.41, 5.74) is 1.77. The topological polar surface area (TPSA) is 62.2 Å². The third-order valence-corrected chi connectivity index (χ3v) is 2.68. The zero-order chi connectivity index (χ0) is 8.55. The lowest BCUT2D eigenvalue weighted by Crippen LogP contribution is -2.32. The molecule has 1 atom stereocenters. The number of aliphatic carboxylic acids is 1. The van der Waals surface area contributed by atoms with E-state index in [2.05, 4.69) is 9.69 Å². The number of nitrogens with one attached hydrogen (secondary N) is 1. The Balaban J connectivity index is 2.37. The third-order valence-electron chi connectivity index (χ3n) is 1.99. The Morgan fingerprint density at radius 2 is 2.67 bits per heavy atom. The summed E-state index contributed by atoms with van der Waals surface area (Å²) in [6.07, 6.45) is 0. The van der Waals surface area contributed by atoms with Crippen LogP contribution < -0.4 is 5.32 Å². The first-order valence-corrected chi connectivity index (χ1v) is 4.49. The lowest BCUT2D eigenvalue weighted by atomic mass is 9.97. The van der Waals surface area contributed by atoms with Crippen LogP contribution in [0.15, 0.2) is 5.38 Å². The van der Waals surface area contributed by atoms with Gasteiger partial charge < -0.3 is 10.4 Å². The molecule has 0 aliphatic carbocycles. The van der Waals surface area contributed by atoms with E-state index in [1.807, 2.05) is 5.38 Å². The van der Waals surface area contributed by atoms with Crippen LogP contribution in [0.1, 0.15) is 17.2 Å². The van der Waals surface area contributed by atoms with E-state index >= 15 is 0 Å². The van der Waals surface area contributed by atoms with Crippen LogP contribution in [0.2, 0.25) is 0 Å². The minimum absolute atomic E-state index is 0.410. The van der Waals surface area contributed by atoms with Gasteiger partial charge in [-0.25, -0.2) is 0 Å². The summed E-state index contributed by atoms with van der Waals surface area (Å²) < 4.78 is 4.11. The largest absolute Gasteiger partial charge is 0.481 e. The molecule has 0 saturated carbocycles. The van der Waals surface area contributed by atoms with Crippen molar-refractivity contribution in [3.8, 4) is 0 Å². The Bertz CT molecular complexity index is 310. The molecular formula is C7H8N2O2S. The molecule has 64 valence electrons. The minimum Gasteiger partial charge on any atom is -0.481 e. The number of hydrogen-bond donors (Lipinski definition) is 2. The summed E-state index contributed by atoms with van der Waals surface area (Å²) in [5, 5.41) is 13.7. The second kappa shape index (κ2) is 2.84. The highest BCUT2D eigenvalue weighted by Crippen LogP contribution is 2.24. The molecule has 0 bridgehead atoms. The molecule has 1 aromatic rings. The highest BCUT2D eigenvalue weighted by molar-refractivity contribution is 7.03. The molecule has 12 heavy (non-hydrogen) atoms. The highest BCUT2D eigenvalue weighted by atomic mass is 32.1. The van der Waals surface area contributed by atoms with Crippen molar-refractivity contribution in [2.45, 2.75) is 12.5 Å². The number of rotatable bonds is 1. The number of carboxylic acid groups (broad SMARTS) is 1. The lowest BCUT2D eigenvalue weighted by molar-refractivity contribution is -0.138. The third kappa shape index (κ3) is 1.11. The van der Waals surface area contributed by atoms with Gasteiger partial charge in [-0.1, -0.05) is 0 Å². The van der Waals surface area contributed by atoms with Gasteiger partial charge in [-0.15, -0.1) is 0 Å². The molecule has 1 aliphatic heterocycles. The van der Waals surface area contributed by atoms with Crippen molar-refractivity contribution >= 4 is 17.5 Å². The summed E-state index contributed by atoms with van der Waals surface area (Å²) in [6, 6.07) is 0. The van der Waals surface area contributed by atoms with Gasteiger partial charge in [0.05, 0.1) is 11.6 Å². The van der Waals surface area contributed by atoms with E-state index in [9.17, 15) is 4.79 Å². The first kappa shape index (κ1) is 7.70. The second-order valence-corrected chi connectivity index (χ2v) is 3.37. The van der Waals surface area contributed by atoms with Crippen LogP contribution in [0.25, 0.3) is 0 Å². The quantitative estimate of drug-likeness (QED) is 0.663. The van der Waals surface area contributed by atoms with Gasteiger partial charge in [0, 0.05) is 24.0 Å². The molecule has 4 nitrogen and oxygen atoms in total. The highest BCUT2D eigenvalue weighted by Gasteiger charge is 2.27. The maximum atomic E-state index is 10.8. The maximum Gasteiger partial charge on any atom is 0.312 e. The van der Waals surface area contributed by atoms with Crippen molar-refractivity contribution in [3.63, 3.8) is 0 Å². The van der Waals surface area contributed by atoms with E-state index < -0.39 is 11.9 Å². The van der Waals surface area contributed by atoms with E-state index in [0.717, 1.165) is 11.3 Å². The zero-order valence-corrected chi connectivity index (χ0v) is 7.10. The number of hydrogen-bond acceptors (Lipinski definition) is 4. The average molecular weight is 184 g/mol. The zero-order valence-electron chi connectivity index (χ0n) is 6.28. The Labute approximate surface area is 73.4 Å². The van der Waals surface area contributed by atoms with Gasteiger partial charge in [0.2, 0.25) is 0 Å². The first-order valence-electron chi connectivity index (χ1n) is 3.65. The van der Waals surface area contributed by atoms with E-state index in [4.69, 9.17) is 5.11 Å². The van der Waals surface area contributed by atoms with Gasteiger partial charge in [-0.3, -0.25) is 4.79 Å². The molecule has 0 aromatic carbocycles. The van der Waals surface area contributed by atoms with Gasteiger partial charge in [0.25, 0.3) is 0 Å². The van der Waals surface area contributed by atoms with E-state index in [1.165, 1.54) is 11.5 Å². The Hall–Kier alpha value is -0.940. The van der Waals surface area contributed by atoms with Crippen molar-refractivity contribution < 1.29 is 9.90 Å². The fourth-order valence-corrected chi connectivity index (χ4v) is 2.11. The van der Waals surface area contributed by atoms with Crippen LogP contribution in [0.5, 0.6) is 0 Å². The molecule has 2 N–H and O–H groups in total. The predicted octanol–water partition coefficient (Wildman–Crippen LogP) is 0.414. The van der Waals surface area contributed by atoms with Gasteiger partial charge in [0.15, 0.2) is 0 Å². The van der Waals surface area contributed by atoms with E-state index in [1.54, 1.807) is 0 Å². The lowest BCUT2D eigenvalue weighted by Gasteiger charge is -2.18. The van der Waals surface area contributed by atoms with Crippen LogP contribution in [0.4, 0.5) is 0 Å². The van der Waals surface area contributed by atoms with Crippen molar-refractivity contribution in [1.82, 2.24) is 9.69 Å². The molecule has 0 saturated heterocycles. The SMILES string of the molecule is O=C(O)C1CNCc2nscc21. The van der Waals surface area contributed by atoms with Gasteiger partial charge in [0.1, 0.15) is 0 Å². The van der Waals surface area contributed by atoms with Crippen LogP contribution in [0, 0.1) is 0 Å². The molecule has 1 aromatic heterocycles. The Morgan fingerprint density at radius 1 is 1.83 bits per heavy atom. The van der Waals surface area contributed by atoms with Gasteiger partial charge in [-0.2, -0.15) is 4.37 Å². The molecule has 0 amide bonds. The van der Waals surface area contributed by atoms with Crippen LogP contribution in [-0.4, -0.2) is 22.0 Å². The number of carbonyl (C=O) groups is 1. The number of fused-ring (bicyclic) bond motifs is 1. The Morgan fingerprint density at radius 3 is 3.42 bits per heavy atom. The monoisotopic (exact) mass is 184 g/mol. The number of aromatic nitrogens is 1. The maximum absolute atomic E-state index is 10.8. The van der Waals surface area contributed by atoms with E-state index in [0.29, 0.717) is 13.1 Å². The Kier molecular flexibility index (Phi) is 1.82. The number of carboxylic acids is 1. The first-order chi connectivity index (χ1) is 5.79. The van der Waals surface area contributed by atoms with Gasteiger partial charge in [-0.05, 0) is 11.5 Å². The summed E-state index contributed by atoms with van der Waals surface area (Å²) in [6.45, 7) is 1.21. The summed E-state index contributed by atoms with van der Waals surface area (Å²) in [5.74, 6) is -1.18. The van der Waals surface area contributed by atoms with Crippen molar-refractivity contribution in [1.29, 1.82) is 0 Å². The summed E-state index contributed by atoms with van der Waals surface area (Å²) >= 11 is 1.32. The van der Waals surface area contributed by atoms with Crippen LogP contribution in [-0.2, 0) is 11.3 Å². The van der Waals surface area contributed by atoms with Crippen molar-refractivity contribution in [2.24, 2.45) is 0 Å². The van der Waals surface area contributed by atoms with Crippen LogP contribution >= 0.6 is 11.5 Å². The summed E-state index contributed by atoms with van der Waals surface area (Å²) in [7, 11) is 0. The molecule has 0 radical (unpaired) electrons. The molecule has 2 heterocycles. The second-order valence-electron chi connectivity index (χ2n) is 2.74. The fourth-order valence-electron chi connectivity index (χ4n) is 1.35. The average Bonchev–Trinajstić information content (AvgIpc) is 2.49. The fraction of sp³-hybridized carbons (Fsp3) is 0.429. The summed E-state index contributed by atoms with van der Waals surface area (Å²) in [4.78, 5) is 10.8. The molecular weight excluding hydrogens is 176 g/mol. The molecule has 5 heteroatoms. The normalized spacial score (nSPS) is 21.8. The number of nitrogens with zero attached hydrogens (tertiary/aromatic N) is 1. The molecule has 1 unspecified atom stereocenters. The molecule has 2 rings (SSSR count). The van der Waals surface area contributed by atoms with Crippen molar-refractivity contribution in [2.75, 3.05) is 6.54 Å². The van der Waals surface area contributed by atoms with E-state index in [-0.39, 0.29) is 0 Å². The van der Waals surface area contributed by atoms with Crippen LogP contribution in [0.3, 0.4) is 0 Å². The molecule has 1 aliphatic rings. The minimum atomic E-state index is -0.774. The smallest absolute Gasteiger partial charge is 0.312 e. The molecule has 0 fully saturated rings. The molecule has 0 spiro atoms. The predicted molar refractivity (Wildman–Crippen MR) is 44.2 cm³/mol. The van der Waals surface area contributed by atoms with Gasteiger partial charge >= 0.3 is 5.97 Å².